The number of hydrogen-bond acceptors (Lipinski definition) is 8. The van der Waals surface area contributed by atoms with Crippen molar-refractivity contribution in [1.82, 2.24) is 29.2 Å². The number of nitrogens with zero attached hydrogens (tertiary/aromatic N) is 7. The molecule has 0 saturated carbocycles. The summed E-state index contributed by atoms with van der Waals surface area (Å²) in [5.41, 5.74) is 3.95. The molecule has 2 aliphatic rings. The van der Waals surface area contributed by atoms with Crippen molar-refractivity contribution in [3.63, 3.8) is 0 Å². The summed E-state index contributed by atoms with van der Waals surface area (Å²) in [6.45, 7) is 6.53. The van der Waals surface area contributed by atoms with Gasteiger partial charge in [0.1, 0.15) is 5.39 Å². The lowest BCUT2D eigenvalue weighted by atomic mass is 10.1. The Labute approximate surface area is 220 Å². The molecule has 10 heteroatoms. The highest BCUT2D eigenvalue weighted by atomic mass is 16.3. The molecular weight excluding hydrogens is 480 g/mol. The lowest BCUT2D eigenvalue weighted by molar-refractivity contribution is 0.164. The highest BCUT2D eigenvalue weighted by molar-refractivity contribution is 5.77. The van der Waals surface area contributed by atoms with Gasteiger partial charge in [0, 0.05) is 43.8 Å². The molecule has 4 aromatic rings. The maximum atomic E-state index is 13.4. The Morgan fingerprint density at radius 1 is 1.03 bits per heavy atom. The molecule has 0 amide bonds. The van der Waals surface area contributed by atoms with Crippen LogP contribution in [0.1, 0.15) is 31.6 Å². The Morgan fingerprint density at radius 3 is 2.61 bits per heavy atom. The molecule has 38 heavy (non-hydrogen) atoms. The molecule has 1 unspecified atom stereocenters. The number of pyridine rings is 1. The number of hydrogen-bond donors (Lipinski definition) is 2. The number of allylic oxidation sites excluding steroid dienone is 2. The van der Waals surface area contributed by atoms with E-state index in [0.717, 1.165) is 37.4 Å². The van der Waals surface area contributed by atoms with Crippen molar-refractivity contribution < 1.29 is 5.11 Å². The molecule has 0 aliphatic carbocycles. The molecule has 0 spiro atoms. The first-order valence-electron chi connectivity index (χ1n) is 13.1. The van der Waals surface area contributed by atoms with Crippen molar-refractivity contribution >= 4 is 28.4 Å². The van der Waals surface area contributed by atoms with Gasteiger partial charge < -0.3 is 20.2 Å². The molecule has 1 aromatic carbocycles. The second kappa shape index (κ2) is 10.0. The van der Waals surface area contributed by atoms with E-state index in [2.05, 4.69) is 45.4 Å². The third kappa shape index (κ3) is 4.68. The minimum absolute atomic E-state index is 0.178. The minimum atomic E-state index is -0.681. The van der Waals surface area contributed by atoms with Gasteiger partial charge in [0.05, 0.1) is 18.3 Å². The Kier molecular flexibility index (Phi) is 6.42. The quantitative estimate of drug-likeness (QED) is 0.403. The molecule has 6 rings (SSSR count). The summed E-state index contributed by atoms with van der Waals surface area (Å²) in [4.78, 5) is 32.1. The van der Waals surface area contributed by atoms with Gasteiger partial charge in [0.15, 0.2) is 11.5 Å². The van der Waals surface area contributed by atoms with E-state index in [4.69, 9.17) is 9.97 Å². The van der Waals surface area contributed by atoms with Crippen LogP contribution in [0.4, 0.5) is 17.3 Å². The monoisotopic (exact) mass is 512 g/mol. The number of benzene rings is 1. The number of likely N-dealkylation sites (N-methyl/N-ethyl adjacent to an activating group) is 1. The fourth-order valence-electron chi connectivity index (χ4n) is 5.09. The van der Waals surface area contributed by atoms with Crippen molar-refractivity contribution in [1.29, 1.82) is 0 Å². The van der Waals surface area contributed by atoms with Gasteiger partial charge in [-0.25, -0.2) is 19.3 Å². The molecule has 2 aliphatic heterocycles. The van der Waals surface area contributed by atoms with E-state index >= 15 is 0 Å². The van der Waals surface area contributed by atoms with Crippen LogP contribution in [-0.2, 0) is 6.54 Å². The summed E-state index contributed by atoms with van der Waals surface area (Å²) >= 11 is 0. The van der Waals surface area contributed by atoms with Gasteiger partial charge in [0.25, 0.3) is 5.56 Å². The van der Waals surface area contributed by atoms with Crippen LogP contribution >= 0.6 is 0 Å². The standard InChI is InChI=1S/C28H32N8O2/c1-19-5-3-7-24(37)23-6-4-8-25(31-23)36-26-22(27(38)35(36)18-19)17-29-28(32-26)30-20-9-11-21(12-10-20)34-15-13-33(2)14-16-34/h4-6,8-12,17,24,37H,3,7,13-16,18H2,1-2H3,(H,29,30,32)/b19-5-. The molecule has 5 heterocycles. The molecule has 196 valence electrons. The third-order valence-corrected chi connectivity index (χ3v) is 7.31. The van der Waals surface area contributed by atoms with E-state index in [1.807, 2.05) is 37.3 Å². The van der Waals surface area contributed by atoms with E-state index in [0.29, 0.717) is 47.9 Å². The van der Waals surface area contributed by atoms with Gasteiger partial charge in [-0.3, -0.25) is 4.79 Å². The van der Waals surface area contributed by atoms with Crippen molar-refractivity contribution in [2.75, 3.05) is 43.4 Å². The van der Waals surface area contributed by atoms with Crippen LogP contribution in [-0.4, -0.2) is 67.5 Å². The van der Waals surface area contributed by atoms with Crippen molar-refractivity contribution in [3.8, 4) is 5.82 Å². The zero-order valence-corrected chi connectivity index (χ0v) is 21.7. The summed E-state index contributed by atoms with van der Waals surface area (Å²) in [7, 11) is 2.15. The van der Waals surface area contributed by atoms with Crippen LogP contribution < -0.4 is 15.8 Å². The summed E-state index contributed by atoms with van der Waals surface area (Å²) < 4.78 is 3.38. The molecule has 2 bridgehead atoms. The van der Waals surface area contributed by atoms with Gasteiger partial charge in [0.2, 0.25) is 5.95 Å². The second-order valence-corrected chi connectivity index (χ2v) is 10.1. The average molecular weight is 513 g/mol. The van der Waals surface area contributed by atoms with Crippen molar-refractivity contribution in [2.45, 2.75) is 32.4 Å². The van der Waals surface area contributed by atoms with Gasteiger partial charge in [-0.05, 0) is 63.2 Å². The van der Waals surface area contributed by atoms with Crippen LogP contribution in [0.5, 0.6) is 0 Å². The molecule has 3 aromatic heterocycles. The normalized spacial score (nSPS) is 19.9. The highest BCUT2D eigenvalue weighted by Crippen LogP contribution is 2.24. The Bertz CT molecular complexity index is 1550. The van der Waals surface area contributed by atoms with Crippen LogP contribution in [0, 0.1) is 0 Å². The maximum Gasteiger partial charge on any atom is 0.278 e. The third-order valence-electron chi connectivity index (χ3n) is 7.31. The maximum absolute atomic E-state index is 13.4. The number of fused-ring (bicyclic) bond motifs is 6. The smallest absolute Gasteiger partial charge is 0.278 e. The number of nitrogens with one attached hydrogen (secondary N) is 1. The number of aliphatic hydroxyl groups excluding tert-OH is 1. The Hall–Kier alpha value is -4.02. The number of anilines is 3. The first-order chi connectivity index (χ1) is 18.5. The number of piperazine rings is 1. The number of rotatable bonds is 3. The molecular formula is C28H32N8O2. The minimum Gasteiger partial charge on any atom is -0.387 e. The van der Waals surface area contributed by atoms with E-state index in [1.54, 1.807) is 15.6 Å². The zero-order valence-electron chi connectivity index (χ0n) is 21.7. The molecule has 1 fully saturated rings. The van der Waals surface area contributed by atoms with Gasteiger partial charge >= 0.3 is 0 Å². The SMILES string of the molecule is C/C1=C/CCC(O)c2cccc(n2)-n2c3nc(Nc4ccc(N5CCN(C)CC5)cc4)ncc3c(=O)n2C1. The zero-order chi connectivity index (χ0) is 26.2. The van der Waals surface area contributed by atoms with E-state index in [1.165, 1.54) is 5.69 Å². The highest BCUT2D eigenvalue weighted by Gasteiger charge is 2.21. The van der Waals surface area contributed by atoms with Crippen LogP contribution in [0.15, 0.2) is 65.1 Å². The fraction of sp³-hybridized carbons (Fsp3) is 0.357. The fourth-order valence-corrected chi connectivity index (χ4v) is 5.09. The predicted octanol–water partition coefficient (Wildman–Crippen LogP) is 3.25. The Balaban J connectivity index is 1.37. The lowest BCUT2D eigenvalue weighted by Gasteiger charge is -2.34. The van der Waals surface area contributed by atoms with Gasteiger partial charge in [-0.2, -0.15) is 4.98 Å². The summed E-state index contributed by atoms with van der Waals surface area (Å²) in [6, 6.07) is 13.7. The second-order valence-electron chi connectivity index (χ2n) is 10.1. The van der Waals surface area contributed by atoms with E-state index in [-0.39, 0.29) is 5.56 Å². The summed E-state index contributed by atoms with van der Waals surface area (Å²) in [5.74, 6) is 0.924. The van der Waals surface area contributed by atoms with Gasteiger partial charge in [-0.15, -0.1) is 0 Å². The lowest BCUT2D eigenvalue weighted by Crippen LogP contribution is -2.44. The molecule has 10 nitrogen and oxygen atoms in total. The van der Waals surface area contributed by atoms with E-state index in [9.17, 15) is 9.90 Å². The number of aliphatic hydroxyl groups is 1. The van der Waals surface area contributed by atoms with Crippen molar-refractivity contribution in [2.24, 2.45) is 0 Å². The molecule has 1 atom stereocenters. The molecule has 0 radical (unpaired) electrons. The summed E-state index contributed by atoms with van der Waals surface area (Å²) in [5, 5.41) is 14.4. The predicted molar refractivity (Wildman–Crippen MR) is 148 cm³/mol. The Morgan fingerprint density at radius 2 is 1.82 bits per heavy atom. The first-order valence-corrected chi connectivity index (χ1v) is 13.1. The number of aromatic nitrogens is 5. The molecule has 1 saturated heterocycles. The van der Waals surface area contributed by atoms with Gasteiger partial charge in [-0.1, -0.05) is 17.7 Å². The molecule has 2 N–H and O–H groups in total. The summed E-state index contributed by atoms with van der Waals surface area (Å²) in [6.07, 6.45) is 4.23. The van der Waals surface area contributed by atoms with Crippen molar-refractivity contribution in [3.05, 3.63) is 76.4 Å². The topological polar surface area (TPSA) is 104 Å². The average Bonchev–Trinajstić information content (AvgIpc) is 3.19. The van der Waals surface area contributed by atoms with Crippen LogP contribution in [0.2, 0.25) is 0 Å². The van der Waals surface area contributed by atoms with E-state index < -0.39 is 6.10 Å². The first kappa shape index (κ1) is 24.3. The van der Waals surface area contributed by atoms with Crippen LogP contribution in [0.3, 0.4) is 0 Å². The van der Waals surface area contributed by atoms with Crippen LogP contribution in [0.25, 0.3) is 16.9 Å². The largest absolute Gasteiger partial charge is 0.387 e.